The zero-order chi connectivity index (χ0) is 32.9. The maximum atomic E-state index is 8.53. The van der Waals surface area contributed by atoms with E-state index in [0.29, 0.717) is 34.2 Å². The highest BCUT2D eigenvalue weighted by Crippen LogP contribution is 2.41. The lowest BCUT2D eigenvalue weighted by atomic mass is 9.97. The van der Waals surface area contributed by atoms with Gasteiger partial charge in [0.05, 0.1) is 6.85 Å². The topological polar surface area (TPSA) is 51.8 Å². The molecule has 202 valence electrons. The average Bonchev–Trinajstić information content (AvgIpc) is 3.53. The van der Waals surface area contributed by atoms with Crippen LogP contribution in [0.15, 0.2) is 156 Å². The maximum absolute atomic E-state index is 8.53. The molecule has 2 aromatic heterocycles. The lowest BCUT2D eigenvalue weighted by Gasteiger charge is -2.11. The molecular formula is C39H25N3O. The molecule has 0 amide bonds. The molecule has 4 nitrogen and oxygen atoms in total. The molecule has 8 rings (SSSR count). The van der Waals surface area contributed by atoms with Crippen molar-refractivity contribution in [1.82, 2.24) is 15.0 Å². The molecular weight excluding hydrogens is 526 g/mol. The summed E-state index contributed by atoms with van der Waals surface area (Å²) in [5, 5.41) is 1.84. The lowest BCUT2D eigenvalue weighted by Crippen LogP contribution is -2.00. The Bertz CT molecular complexity index is 2490. The predicted molar refractivity (Wildman–Crippen MR) is 174 cm³/mol. The smallest absolute Gasteiger partial charge is 0.164 e. The Balaban J connectivity index is 1.38. The van der Waals surface area contributed by atoms with Gasteiger partial charge in [0.1, 0.15) is 11.2 Å². The van der Waals surface area contributed by atoms with Crippen molar-refractivity contribution in [1.29, 1.82) is 0 Å². The molecule has 0 unspecified atom stereocenters. The zero-order valence-corrected chi connectivity index (χ0v) is 22.8. The summed E-state index contributed by atoms with van der Waals surface area (Å²) in [7, 11) is 0. The van der Waals surface area contributed by atoms with Gasteiger partial charge in [-0.25, -0.2) is 15.0 Å². The third-order valence-corrected chi connectivity index (χ3v) is 7.42. The van der Waals surface area contributed by atoms with Crippen molar-refractivity contribution in [3.05, 3.63) is 152 Å². The number of benzene rings is 6. The molecule has 0 saturated carbocycles. The van der Waals surface area contributed by atoms with Crippen LogP contribution in [0.2, 0.25) is 0 Å². The minimum absolute atomic E-state index is 0.114. The highest BCUT2D eigenvalue weighted by molar-refractivity contribution is 6.17. The van der Waals surface area contributed by atoms with E-state index in [0.717, 1.165) is 38.6 Å². The van der Waals surface area contributed by atoms with Gasteiger partial charge in [0, 0.05) is 27.5 Å². The van der Waals surface area contributed by atoms with Gasteiger partial charge in [0.2, 0.25) is 0 Å². The minimum Gasteiger partial charge on any atom is -0.456 e. The van der Waals surface area contributed by atoms with Crippen LogP contribution in [-0.4, -0.2) is 15.0 Å². The molecule has 0 N–H and O–H groups in total. The van der Waals surface area contributed by atoms with E-state index in [9.17, 15) is 0 Å². The molecule has 2 heterocycles. The van der Waals surface area contributed by atoms with Gasteiger partial charge in [-0.15, -0.1) is 0 Å². The quantitative estimate of drug-likeness (QED) is 0.212. The molecule has 4 heteroatoms. The number of rotatable bonds is 5. The summed E-state index contributed by atoms with van der Waals surface area (Å²) >= 11 is 0. The summed E-state index contributed by atoms with van der Waals surface area (Å²) in [4.78, 5) is 14.9. The lowest BCUT2D eigenvalue weighted by molar-refractivity contribution is 0.669. The molecule has 0 spiro atoms. The molecule has 0 radical (unpaired) electrons. The van der Waals surface area contributed by atoms with E-state index >= 15 is 0 Å². The third kappa shape index (κ3) is 4.55. The van der Waals surface area contributed by atoms with Crippen LogP contribution in [-0.2, 0) is 0 Å². The Morgan fingerprint density at radius 3 is 1.67 bits per heavy atom. The van der Waals surface area contributed by atoms with Crippen molar-refractivity contribution in [2.45, 2.75) is 0 Å². The summed E-state index contributed by atoms with van der Waals surface area (Å²) in [6.07, 6.45) is 0. The van der Waals surface area contributed by atoms with E-state index in [1.165, 1.54) is 0 Å². The zero-order valence-electron chi connectivity index (χ0n) is 27.8. The second kappa shape index (κ2) is 10.5. The van der Waals surface area contributed by atoms with Crippen molar-refractivity contribution < 1.29 is 11.3 Å². The SMILES string of the molecule is [2H]c1c([2H])c([2H])c(-c2cccc(-c3nc(-c4ccccc4)nc(-c4cccc5oc6cccc(-c7ccccc7)c6c45)n3)c2)c([2H])c1[2H]. The van der Waals surface area contributed by atoms with E-state index in [4.69, 9.17) is 26.2 Å². The fourth-order valence-corrected chi connectivity index (χ4v) is 5.46. The van der Waals surface area contributed by atoms with Gasteiger partial charge in [-0.1, -0.05) is 133 Å². The standard InChI is InChI=1S/C39H25N3O/c1-4-13-26(14-5-1)29-19-10-20-30(25-29)38-40-37(28-17-8-3-9-18-28)41-39(42-38)32-22-12-24-34-36(32)35-31(21-11-23-33(35)43-34)27-15-6-2-7-16-27/h1-25H/i1D,4D,5D,13D,14D. The van der Waals surface area contributed by atoms with Gasteiger partial charge in [-0.05, 0) is 40.5 Å². The second-order valence-corrected chi connectivity index (χ2v) is 10.1. The summed E-state index contributed by atoms with van der Waals surface area (Å²) in [5.41, 5.74) is 6.31. The van der Waals surface area contributed by atoms with Gasteiger partial charge >= 0.3 is 0 Å². The molecule has 0 aliphatic heterocycles. The first kappa shape index (κ1) is 20.1. The summed E-state index contributed by atoms with van der Waals surface area (Å²) in [6.45, 7) is 0. The van der Waals surface area contributed by atoms with E-state index in [1.54, 1.807) is 18.2 Å². The van der Waals surface area contributed by atoms with Crippen LogP contribution in [0, 0.1) is 0 Å². The van der Waals surface area contributed by atoms with E-state index in [1.807, 2.05) is 84.9 Å². The van der Waals surface area contributed by atoms with Crippen LogP contribution in [0.25, 0.3) is 78.4 Å². The van der Waals surface area contributed by atoms with Crippen molar-refractivity contribution in [2.75, 3.05) is 0 Å². The minimum atomic E-state index is -0.434. The van der Waals surface area contributed by atoms with Crippen molar-refractivity contribution in [2.24, 2.45) is 0 Å². The Kier molecular flexibility index (Phi) is 4.91. The Morgan fingerprint density at radius 2 is 0.953 bits per heavy atom. The predicted octanol–water partition coefficient (Wildman–Crippen LogP) is 10.1. The average molecular weight is 557 g/mol. The van der Waals surface area contributed by atoms with E-state index < -0.39 is 6.04 Å². The molecule has 0 atom stereocenters. The molecule has 8 aromatic rings. The van der Waals surface area contributed by atoms with Crippen LogP contribution in [0.3, 0.4) is 0 Å². The van der Waals surface area contributed by atoms with E-state index in [-0.39, 0.29) is 29.7 Å². The largest absolute Gasteiger partial charge is 0.456 e. The highest BCUT2D eigenvalue weighted by atomic mass is 16.3. The number of hydrogen-bond acceptors (Lipinski definition) is 4. The number of nitrogens with zero attached hydrogens (tertiary/aromatic N) is 3. The number of fused-ring (bicyclic) bond motifs is 3. The van der Waals surface area contributed by atoms with Crippen LogP contribution in [0.4, 0.5) is 0 Å². The maximum Gasteiger partial charge on any atom is 0.164 e. The molecule has 0 fully saturated rings. The van der Waals surface area contributed by atoms with Crippen LogP contribution in [0.1, 0.15) is 6.85 Å². The summed E-state index contributed by atoms with van der Waals surface area (Å²) in [6, 6.07) is 37.1. The first-order valence-corrected chi connectivity index (χ1v) is 13.9. The molecule has 0 bridgehead atoms. The van der Waals surface area contributed by atoms with Crippen LogP contribution >= 0.6 is 0 Å². The first-order valence-electron chi connectivity index (χ1n) is 16.4. The molecule has 6 aromatic carbocycles. The van der Waals surface area contributed by atoms with Gasteiger partial charge in [-0.2, -0.15) is 0 Å². The number of aromatic nitrogens is 3. The molecule has 0 aliphatic rings. The number of hydrogen-bond donors (Lipinski definition) is 0. The molecule has 0 saturated heterocycles. The fraction of sp³-hybridized carbons (Fsp3) is 0. The van der Waals surface area contributed by atoms with E-state index in [2.05, 4.69) is 18.2 Å². The Morgan fingerprint density at radius 1 is 0.419 bits per heavy atom. The van der Waals surface area contributed by atoms with Gasteiger partial charge in [0.25, 0.3) is 0 Å². The second-order valence-electron chi connectivity index (χ2n) is 10.1. The normalized spacial score (nSPS) is 12.9. The number of furan rings is 1. The summed E-state index contributed by atoms with van der Waals surface area (Å²) in [5.74, 6) is 1.29. The first-order chi connectivity index (χ1) is 23.4. The Labute approximate surface area is 256 Å². The Hall–Kier alpha value is -5.87. The third-order valence-electron chi connectivity index (χ3n) is 7.42. The highest BCUT2D eigenvalue weighted by Gasteiger charge is 2.20. The fourth-order valence-electron chi connectivity index (χ4n) is 5.46. The molecule has 43 heavy (non-hydrogen) atoms. The van der Waals surface area contributed by atoms with Gasteiger partial charge < -0.3 is 4.42 Å². The van der Waals surface area contributed by atoms with Crippen molar-refractivity contribution in [3.63, 3.8) is 0 Å². The van der Waals surface area contributed by atoms with Crippen molar-refractivity contribution in [3.8, 4) is 56.4 Å². The monoisotopic (exact) mass is 556 g/mol. The van der Waals surface area contributed by atoms with Gasteiger partial charge in [0.15, 0.2) is 17.5 Å². The summed E-state index contributed by atoms with van der Waals surface area (Å²) < 4.78 is 47.8. The van der Waals surface area contributed by atoms with Crippen LogP contribution in [0.5, 0.6) is 0 Å². The van der Waals surface area contributed by atoms with Crippen LogP contribution < -0.4 is 0 Å². The van der Waals surface area contributed by atoms with Gasteiger partial charge in [-0.3, -0.25) is 0 Å². The molecule has 0 aliphatic carbocycles. The van der Waals surface area contributed by atoms with Crippen molar-refractivity contribution >= 4 is 21.9 Å².